The maximum Gasteiger partial charge on any atom is 0.252 e. The van der Waals surface area contributed by atoms with Crippen LogP contribution < -0.4 is 10.5 Å². The topological polar surface area (TPSA) is 52.3 Å². The van der Waals surface area contributed by atoms with Gasteiger partial charge in [0.15, 0.2) is 0 Å². The smallest absolute Gasteiger partial charge is 0.252 e. The van der Waals surface area contributed by atoms with E-state index in [0.717, 1.165) is 0 Å². The fraction of sp³-hybridized carbons (Fsp3) is 0. The summed E-state index contributed by atoms with van der Waals surface area (Å²) in [5, 5.41) is 0.382. The molecule has 0 saturated carbocycles. The molecule has 19 heavy (non-hydrogen) atoms. The van der Waals surface area contributed by atoms with Crippen LogP contribution in [0, 0.1) is 5.82 Å². The van der Waals surface area contributed by atoms with Gasteiger partial charge in [0.1, 0.15) is 17.3 Å². The Morgan fingerprint density at radius 1 is 1.21 bits per heavy atom. The molecule has 6 heteroatoms. The molecule has 2 rings (SSSR count). The van der Waals surface area contributed by atoms with E-state index in [2.05, 4.69) is 15.9 Å². The van der Waals surface area contributed by atoms with E-state index in [4.69, 9.17) is 22.1 Å². The largest absolute Gasteiger partial charge is 0.455 e. The summed E-state index contributed by atoms with van der Waals surface area (Å²) in [6, 6.07) is 8.39. The van der Waals surface area contributed by atoms with E-state index in [1.165, 1.54) is 36.4 Å². The van der Waals surface area contributed by atoms with Crippen LogP contribution in [0.5, 0.6) is 11.5 Å². The highest BCUT2D eigenvalue weighted by Crippen LogP contribution is 2.33. The molecule has 0 fully saturated rings. The van der Waals surface area contributed by atoms with E-state index < -0.39 is 11.7 Å². The molecule has 0 unspecified atom stereocenters. The second-order valence-corrected chi connectivity index (χ2v) is 4.97. The Morgan fingerprint density at radius 2 is 1.95 bits per heavy atom. The van der Waals surface area contributed by atoms with Gasteiger partial charge in [0, 0.05) is 17.2 Å². The first-order chi connectivity index (χ1) is 8.97. The summed E-state index contributed by atoms with van der Waals surface area (Å²) in [6.45, 7) is 0. The fourth-order valence-electron chi connectivity index (χ4n) is 1.46. The Hall–Kier alpha value is -1.59. The van der Waals surface area contributed by atoms with Gasteiger partial charge < -0.3 is 10.5 Å². The molecule has 3 nitrogen and oxygen atoms in total. The van der Waals surface area contributed by atoms with Crippen LogP contribution in [0.15, 0.2) is 40.9 Å². The second kappa shape index (κ2) is 5.59. The fourth-order valence-corrected chi connectivity index (χ4v) is 1.95. The van der Waals surface area contributed by atoms with Gasteiger partial charge in [0.05, 0.1) is 10.0 Å². The molecule has 2 aromatic carbocycles. The quantitative estimate of drug-likeness (QED) is 0.910. The van der Waals surface area contributed by atoms with E-state index in [1.807, 2.05) is 0 Å². The Balaban J connectivity index is 2.45. The van der Waals surface area contributed by atoms with Gasteiger partial charge in [-0.3, -0.25) is 4.79 Å². The highest BCUT2D eigenvalue weighted by Gasteiger charge is 2.13. The SMILES string of the molecule is NC(=O)c1ccc(Cl)cc1Oc1cc(F)ccc1Br. The van der Waals surface area contributed by atoms with Gasteiger partial charge >= 0.3 is 0 Å². The summed E-state index contributed by atoms with van der Waals surface area (Å²) in [5.74, 6) is -0.712. The van der Waals surface area contributed by atoms with Gasteiger partial charge in [-0.15, -0.1) is 0 Å². The van der Waals surface area contributed by atoms with E-state index in [9.17, 15) is 9.18 Å². The average molecular weight is 345 g/mol. The Labute approximate surface area is 122 Å². The predicted molar refractivity (Wildman–Crippen MR) is 74.1 cm³/mol. The van der Waals surface area contributed by atoms with Crippen LogP contribution >= 0.6 is 27.5 Å². The van der Waals surface area contributed by atoms with Crippen molar-refractivity contribution in [1.82, 2.24) is 0 Å². The van der Waals surface area contributed by atoms with Crippen molar-refractivity contribution in [2.24, 2.45) is 5.73 Å². The normalized spacial score (nSPS) is 10.3. The number of ether oxygens (including phenoxy) is 1. The molecule has 2 N–H and O–H groups in total. The number of amides is 1. The Morgan fingerprint density at radius 3 is 2.63 bits per heavy atom. The molecule has 0 aliphatic heterocycles. The molecule has 0 aliphatic rings. The van der Waals surface area contributed by atoms with Crippen LogP contribution in [0.25, 0.3) is 0 Å². The maximum atomic E-state index is 13.2. The lowest BCUT2D eigenvalue weighted by Gasteiger charge is -2.11. The summed E-state index contributed by atoms with van der Waals surface area (Å²) in [5.41, 5.74) is 5.41. The van der Waals surface area contributed by atoms with Crippen LogP contribution in [-0.2, 0) is 0 Å². The van der Waals surface area contributed by atoms with Crippen LogP contribution in [0.3, 0.4) is 0 Å². The van der Waals surface area contributed by atoms with Gasteiger partial charge in [-0.05, 0) is 40.2 Å². The third-order valence-electron chi connectivity index (χ3n) is 2.32. The highest BCUT2D eigenvalue weighted by atomic mass is 79.9. The summed E-state index contributed by atoms with van der Waals surface area (Å²) in [7, 11) is 0. The van der Waals surface area contributed by atoms with E-state index in [-0.39, 0.29) is 17.1 Å². The van der Waals surface area contributed by atoms with Crippen molar-refractivity contribution >= 4 is 33.4 Å². The number of carbonyl (C=O) groups is 1. The molecule has 0 saturated heterocycles. The maximum absolute atomic E-state index is 13.2. The zero-order valence-electron chi connectivity index (χ0n) is 9.49. The van der Waals surface area contributed by atoms with Gasteiger partial charge in [0.25, 0.3) is 5.91 Å². The lowest BCUT2D eigenvalue weighted by atomic mass is 10.2. The molecule has 0 atom stereocenters. The molecule has 0 spiro atoms. The molecular formula is C13H8BrClFNO2. The number of nitrogens with two attached hydrogens (primary N) is 1. The summed E-state index contributed by atoms with van der Waals surface area (Å²) < 4.78 is 19.2. The van der Waals surface area contributed by atoms with Crippen LogP contribution in [0.2, 0.25) is 5.02 Å². The molecule has 0 aromatic heterocycles. The molecule has 0 aliphatic carbocycles. The van der Waals surface area contributed by atoms with Crippen molar-refractivity contribution in [3.05, 3.63) is 57.3 Å². The number of rotatable bonds is 3. The minimum absolute atomic E-state index is 0.167. The van der Waals surface area contributed by atoms with Crippen molar-refractivity contribution in [2.45, 2.75) is 0 Å². The van der Waals surface area contributed by atoms with E-state index in [0.29, 0.717) is 9.50 Å². The number of benzene rings is 2. The van der Waals surface area contributed by atoms with Crippen LogP contribution in [-0.4, -0.2) is 5.91 Å². The second-order valence-electron chi connectivity index (χ2n) is 3.68. The van der Waals surface area contributed by atoms with E-state index >= 15 is 0 Å². The number of carbonyl (C=O) groups excluding carboxylic acids is 1. The molecule has 0 bridgehead atoms. The van der Waals surface area contributed by atoms with E-state index in [1.54, 1.807) is 0 Å². The van der Waals surface area contributed by atoms with Crippen LogP contribution in [0.1, 0.15) is 10.4 Å². The third kappa shape index (κ3) is 3.24. The zero-order chi connectivity index (χ0) is 14.0. The Kier molecular flexibility index (Phi) is 4.07. The Bertz CT molecular complexity index is 649. The third-order valence-corrected chi connectivity index (χ3v) is 3.21. The number of hydrogen-bond donors (Lipinski definition) is 1. The monoisotopic (exact) mass is 343 g/mol. The van der Waals surface area contributed by atoms with Crippen molar-refractivity contribution in [1.29, 1.82) is 0 Å². The minimum atomic E-state index is -0.654. The van der Waals surface area contributed by atoms with Gasteiger partial charge in [-0.1, -0.05) is 11.6 Å². The first-order valence-electron chi connectivity index (χ1n) is 5.19. The summed E-state index contributed by atoms with van der Waals surface area (Å²) >= 11 is 9.07. The number of hydrogen-bond acceptors (Lipinski definition) is 2. The van der Waals surface area contributed by atoms with Crippen LogP contribution in [0.4, 0.5) is 4.39 Å². The average Bonchev–Trinajstić information content (AvgIpc) is 2.33. The number of halogens is 3. The van der Waals surface area contributed by atoms with Crippen molar-refractivity contribution < 1.29 is 13.9 Å². The summed E-state index contributed by atoms with van der Waals surface area (Å²) in [6.07, 6.45) is 0. The molecular weight excluding hydrogens is 337 g/mol. The first kappa shape index (κ1) is 13.8. The number of primary amides is 1. The molecule has 1 amide bonds. The predicted octanol–water partition coefficient (Wildman–Crippen LogP) is 4.13. The standard InChI is InChI=1S/C13H8BrClFNO2/c14-10-4-2-8(16)6-12(10)19-11-5-7(15)1-3-9(11)13(17)18/h1-6H,(H2,17,18). The summed E-state index contributed by atoms with van der Waals surface area (Å²) in [4.78, 5) is 11.3. The van der Waals surface area contributed by atoms with Crippen molar-refractivity contribution in [3.63, 3.8) is 0 Å². The van der Waals surface area contributed by atoms with Gasteiger partial charge in [0.2, 0.25) is 0 Å². The zero-order valence-corrected chi connectivity index (χ0v) is 11.8. The lowest BCUT2D eigenvalue weighted by Crippen LogP contribution is -2.12. The van der Waals surface area contributed by atoms with Crippen molar-refractivity contribution in [3.8, 4) is 11.5 Å². The molecule has 0 radical (unpaired) electrons. The molecule has 98 valence electrons. The van der Waals surface area contributed by atoms with Crippen molar-refractivity contribution in [2.75, 3.05) is 0 Å². The molecule has 2 aromatic rings. The van der Waals surface area contributed by atoms with Gasteiger partial charge in [-0.2, -0.15) is 0 Å². The van der Waals surface area contributed by atoms with Gasteiger partial charge in [-0.25, -0.2) is 4.39 Å². The minimum Gasteiger partial charge on any atom is -0.455 e. The lowest BCUT2D eigenvalue weighted by molar-refractivity contribution is 0.0998. The first-order valence-corrected chi connectivity index (χ1v) is 6.37. The molecule has 0 heterocycles. The highest BCUT2D eigenvalue weighted by molar-refractivity contribution is 9.10.